The lowest BCUT2D eigenvalue weighted by atomic mass is 10.1. The third-order valence-electron chi connectivity index (χ3n) is 6.70. The molecule has 1 aliphatic carbocycles. The molecule has 2 aromatic heterocycles. The molecule has 1 aliphatic heterocycles. The van der Waals surface area contributed by atoms with Crippen molar-refractivity contribution in [3.63, 3.8) is 0 Å². The fraction of sp³-hybridized carbons (Fsp3) is 0.520. The molecular weight excluding hydrogens is 402 g/mol. The molecule has 3 heterocycles. The Balaban J connectivity index is 1.45. The van der Waals surface area contributed by atoms with Gasteiger partial charge in [-0.25, -0.2) is 9.97 Å². The van der Waals surface area contributed by atoms with Crippen molar-refractivity contribution >= 4 is 27.4 Å². The van der Waals surface area contributed by atoms with Crippen LogP contribution in [-0.2, 0) is 19.4 Å². The van der Waals surface area contributed by atoms with Crippen LogP contribution < -0.4 is 5.32 Å². The van der Waals surface area contributed by atoms with Crippen molar-refractivity contribution in [3.05, 3.63) is 52.2 Å². The lowest BCUT2D eigenvalue weighted by molar-refractivity contribution is 0.216. The van der Waals surface area contributed by atoms with E-state index in [1.54, 1.807) is 0 Å². The highest BCUT2D eigenvalue weighted by atomic mass is 32.1. The molecule has 6 heteroatoms. The molecule has 0 radical (unpaired) electrons. The molecule has 1 N–H and O–H groups in total. The summed E-state index contributed by atoms with van der Waals surface area (Å²) < 4.78 is 0. The number of thiophene rings is 1. The second-order valence-electron chi connectivity index (χ2n) is 9.13. The van der Waals surface area contributed by atoms with Gasteiger partial charge in [-0.1, -0.05) is 36.8 Å². The standard InChI is InChI=1S/C25H33N5S/c1-29(2)20(18-10-5-3-6-11-18)16-26-24-23-19-12-9-13-21(19)31-25(23)28-22(27-24)17-30-14-7-4-8-15-30/h3,5-6,10-11,20H,4,7-9,12-17H2,1-2H3,(H,26,27,28)/t20-/m0/s1. The Morgan fingerprint density at radius 2 is 1.84 bits per heavy atom. The van der Waals surface area contributed by atoms with Crippen LogP contribution in [0.5, 0.6) is 0 Å². The summed E-state index contributed by atoms with van der Waals surface area (Å²) >= 11 is 1.89. The number of nitrogens with zero attached hydrogens (tertiary/aromatic N) is 4. The molecule has 5 rings (SSSR count). The highest BCUT2D eigenvalue weighted by Gasteiger charge is 2.24. The number of piperidine rings is 1. The van der Waals surface area contributed by atoms with Crippen LogP contribution in [0.2, 0.25) is 0 Å². The van der Waals surface area contributed by atoms with E-state index < -0.39 is 0 Å². The molecule has 0 saturated carbocycles. The van der Waals surface area contributed by atoms with E-state index in [4.69, 9.17) is 9.97 Å². The molecule has 164 valence electrons. The zero-order chi connectivity index (χ0) is 21.2. The van der Waals surface area contributed by atoms with E-state index in [2.05, 4.69) is 59.5 Å². The zero-order valence-electron chi connectivity index (χ0n) is 18.7. The van der Waals surface area contributed by atoms with Crippen LogP contribution in [-0.4, -0.2) is 53.5 Å². The highest BCUT2D eigenvalue weighted by molar-refractivity contribution is 7.19. The van der Waals surface area contributed by atoms with Crippen molar-refractivity contribution in [2.45, 2.75) is 51.1 Å². The van der Waals surface area contributed by atoms with Gasteiger partial charge in [0.2, 0.25) is 0 Å². The Morgan fingerprint density at radius 3 is 2.61 bits per heavy atom. The molecule has 1 fully saturated rings. The van der Waals surface area contributed by atoms with Crippen LogP contribution in [0.25, 0.3) is 10.2 Å². The summed E-state index contributed by atoms with van der Waals surface area (Å²) in [5, 5.41) is 5.04. The largest absolute Gasteiger partial charge is 0.367 e. The summed E-state index contributed by atoms with van der Waals surface area (Å²) in [6.45, 7) is 4.03. The maximum absolute atomic E-state index is 5.09. The van der Waals surface area contributed by atoms with Crippen molar-refractivity contribution in [2.24, 2.45) is 0 Å². The predicted molar refractivity (Wildman–Crippen MR) is 130 cm³/mol. The summed E-state index contributed by atoms with van der Waals surface area (Å²) in [6, 6.07) is 11.1. The molecule has 1 aromatic carbocycles. The number of likely N-dealkylation sites (tertiary alicyclic amines) is 1. The smallest absolute Gasteiger partial charge is 0.146 e. The van der Waals surface area contributed by atoms with Crippen molar-refractivity contribution in [2.75, 3.05) is 39.0 Å². The molecule has 2 aliphatic rings. The lowest BCUT2D eigenvalue weighted by Gasteiger charge is -2.27. The molecule has 0 bridgehead atoms. The Kier molecular flexibility index (Phi) is 6.21. The third kappa shape index (κ3) is 4.47. The average molecular weight is 436 g/mol. The minimum absolute atomic E-state index is 0.295. The second-order valence-corrected chi connectivity index (χ2v) is 10.2. The van der Waals surface area contributed by atoms with Gasteiger partial charge in [-0.3, -0.25) is 4.90 Å². The van der Waals surface area contributed by atoms with Gasteiger partial charge in [0.15, 0.2) is 0 Å². The molecule has 3 aromatic rings. The number of fused-ring (bicyclic) bond motifs is 3. The molecule has 0 unspecified atom stereocenters. The quantitative estimate of drug-likeness (QED) is 0.573. The van der Waals surface area contributed by atoms with Crippen LogP contribution in [0.4, 0.5) is 5.82 Å². The summed E-state index contributed by atoms with van der Waals surface area (Å²) in [5.41, 5.74) is 2.82. The van der Waals surface area contributed by atoms with Crippen molar-refractivity contribution in [1.29, 1.82) is 0 Å². The van der Waals surface area contributed by atoms with Gasteiger partial charge < -0.3 is 10.2 Å². The number of hydrogen-bond acceptors (Lipinski definition) is 6. The molecule has 0 spiro atoms. The number of anilines is 1. The lowest BCUT2D eigenvalue weighted by Crippen LogP contribution is -2.30. The van der Waals surface area contributed by atoms with Gasteiger partial charge >= 0.3 is 0 Å². The van der Waals surface area contributed by atoms with E-state index in [9.17, 15) is 0 Å². The summed E-state index contributed by atoms with van der Waals surface area (Å²) in [6.07, 6.45) is 7.56. The Morgan fingerprint density at radius 1 is 1.03 bits per heavy atom. The molecule has 0 amide bonds. The summed E-state index contributed by atoms with van der Waals surface area (Å²) in [7, 11) is 4.30. The Hall–Kier alpha value is -2.02. The average Bonchev–Trinajstić information content (AvgIpc) is 3.36. The van der Waals surface area contributed by atoms with Crippen LogP contribution in [0.3, 0.4) is 0 Å². The van der Waals surface area contributed by atoms with Gasteiger partial charge in [0.1, 0.15) is 16.5 Å². The maximum atomic E-state index is 5.09. The fourth-order valence-electron chi connectivity index (χ4n) is 5.02. The van der Waals surface area contributed by atoms with Crippen molar-refractivity contribution in [3.8, 4) is 0 Å². The van der Waals surface area contributed by atoms with Gasteiger partial charge in [-0.05, 0) is 70.4 Å². The minimum atomic E-state index is 0.295. The minimum Gasteiger partial charge on any atom is -0.367 e. The Bertz CT molecular complexity index is 1020. The van der Waals surface area contributed by atoms with Crippen LogP contribution in [0.1, 0.15) is 53.6 Å². The predicted octanol–water partition coefficient (Wildman–Crippen LogP) is 4.88. The van der Waals surface area contributed by atoms with Crippen LogP contribution in [0, 0.1) is 0 Å². The number of nitrogens with one attached hydrogen (secondary N) is 1. The fourth-order valence-corrected chi connectivity index (χ4v) is 6.30. The van der Waals surface area contributed by atoms with Gasteiger partial charge in [-0.15, -0.1) is 11.3 Å². The first-order valence-corrected chi connectivity index (χ1v) is 12.5. The SMILES string of the molecule is CN(C)[C@@H](CNc1nc(CN2CCCCC2)nc2sc3c(c12)CCC3)c1ccccc1. The number of rotatable bonds is 7. The normalized spacial score (nSPS) is 17.9. The van der Waals surface area contributed by atoms with E-state index in [1.807, 2.05) is 11.3 Å². The summed E-state index contributed by atoms with van der Waals surface area (Å²) in [5.74, 6) is 2.01. The zero-order valence-corrected chi connectivity index (χ0v) is 19.5. The van der Waals surface area contributed by atoms with Gasteiger partial charge in [0.05, 0.1) is 18.0 Å². The van der Waals surface area contributed by atoms with E-state index in [0.717, 1.165) is 31.2 Å². The first kappa shape index (κ1) is 20.9. The number of aryl methyl sites for hydroxylation is 2. The monoisotopic (exact) mass is 435 g/mol. The van der Waals surface area contributed by atoms with E-state index in [-0.39, 0.29) is 0 Å². The van der Waals surface area contributed by atoms with Crippen molar-refractivity contribution in [1.82, 2.24) is 19.8 Å². The number of aromatic nitrogens is 2. The van der Waals surface area contributed by atoms with E-state index in [0.29, 0.717) is 6.04 Å². The maximum Gasteiger partial charge on any atom is 0.146 e. The molecule has 31 heavy (non-hydrogen) atoms. The van der Waals surface area contributed by atoms with Crippen LogP contribution >= 0.6 is 11.3 Å². The molecule has 1 atom stereocenters. The molecule has 1 saturated heterocycles. The van der Waals surface area contributed by atoms with Gasteiger partial charge in [-0.2, -0.15) is 0 Å². The number of likely N-dealkylation sites (N-methyl/N-ethyl adjacent to an activating group) is 1. The van der Waals surface area contributed by atoms with Crippen molar-refractivity contribution < 1.29 is 0 Å². The second kappa shape index (κ2) is 9.23. The third-order valence-corrected chi connectivity index (χ3v) is 7.88. The first-order valence-electron chi connectivity index (χ1n) is 11.7. The van der Waals surface area contributed by atoms with E-state index >= 15 is 0 Å². The number of hydrogen-bond donors (Lipinski definition) is 1. The topological polar surface area (TPSA) is 44.3 Å². The summed E-state index contributed by atoms with van der Waals surface area (Å²) in [4.78, 5) is 17.6. The van der Waals surface area contributed by atoms with Gasteiger partial charge in [0.25, 0.3) is 0 Å². The highest BCUT2D eigenvalue weighted by Crippen LogP contribution is 2.39. The number of benzene rings is 1. The van der Waals surface area contributed by atoms with Crippen LogP contribution in [0.15, 0.2) is 30.3 Å². The van der Waals surface area contributed by atoms with Gasteiger partial charge in [0, 0.05) is 11.4 Å². The Labute approximate surface area is 189 Å². The molecule has 5 nitrogen and oxygen atoms in total. The van der Waals surface area contributed by atoms with E-state index in [1.165, 1.54) is 71.4 Å². The molecular formula is C25H33N5S. The first-order chi connectivity index (χ1) is 15.2.